The fourth-order valence-corrected chi connectivity index (χ4v) is 0.965. The Kier molecular flexibility index (Phi) is 4.74. The van der Waals surface area contributed by atoms with Crippen molar-refractivity contribution in [3.63, 3.8) is 0 Å². The molecule has 4 N–H and O–H groups in total. The maximum Gasteiger partial charge on any atom is 0.223 e. The molecule has 0 aromatic heterocycles. The van der Waals surface area contributed by atoms with Crippen LogP contribution < -0.4 is 11.1 Å². The van der Waals surface area contributed by atoms with Gasteiger partial charge in [-0.1, -0.05) is 6.92 Å². The Balaban J connectivity index is 4.41. The van der Waals surface area contributed by atoms with Gasteiger partial charge in [-0.05, 0) is 40.7 Å². The molecule has 0 bridgehead atoms. The molecular weight excluding hydrogens is 192 g/mol. The molecule has 15 heavy (non-hydrogen) atoms. The highest BCUT2D eigenvalue weighted by atomic mass is 16.3. The second kappa shape index (κ2) is 4.94. The molecule has 0 aliphatic carbocycles. The van der Waals surface area contributed by atoms with Crippen molar-refractivity contribution >= 4 is 5.91 Å². The lowest BCUT2D eigenvalue weighted by atomic mass is 9.85. The summed E-state index contributed by atoms with van der Waals surface area (Å²) >= 11 is 0. The summed E-state index contributed by atoms with van der Waals surface area (Å²) in [5.74, 6) is -0.177. The van der Waals surface area contributed by atoms with Crippen molar-refractivity contribution in [2.45, 2.75) is 52.2 Å². The van der Waals surface area contributed by atoms with Crippen LogP contribution in [0.2, 0.25) is 0 Å². The fourth-order valence-electron chi connectivity index (χ4n) is 0.965. The van der Waals surface area contributed by atoms with Gasteiger partial charge in [0.05, 0.1) is 11.1 Å². The predicted molar refractivity (Wildman–Crippen MR) is 61.4 cm³/mol. The van der Waals surface area contributed by atoms with Gasteiger partial charge in [-0.15, -0.1) is 0 Å². The maximum atomic E-state index is 11.7. The van der Waals surface area contributed by atoms with Gasteiger partial charge in [-0.25, -0.2) is 0 Å². The maximum absolute atomic E-state index is 11.7. The van der Waals surface area contributed by atoms with Crippen molar-refractivity contribution < 1.29 is 9.90 Å². The standard InChI is InChI=1S/C11H24N2O2/c1-8(6-7-12)9(14)13-10(2,3)11(4,5)15/h8,15H,6-7,12H2,1-5H3,(H,13,14). The molecular formula is C11H24N2O2. The number of nitrogens with two attached hydrogens (primary N) is 1. The van der Waals surface area contributed by atoms with E-state index in [9.17, 15) is 9.90 Å². The summed E-state index contributed by atoms with van der Waals surface area (Å²) in [6.07, 6.45) is 0.660. The topological polar surface area (TPSA) is 75.4 Å². The van der Waals surface area contributed by atoms with Gasteiger partial charge in [-0.3, -0.25) is 4.79 Å². The first-order valence-electron chi connectivity index (χ1n) is 5.36. The quantitative estimate of drug-likeness (QED) is 0.631. The van der Waals surface area contributed by atoms with Gasteiger partial charge in [0, 0.05) is 5.92 Å². The molecule has 0 heterocycles. The highest BCUT2D eigenvalue weighted by Crippen LogP contribution is 2.21. The molecule has 0 spiro atoms. The van der Waals surface area contributed by atoms with Gasteiger partial charge >= 0.3 is 0 Å². The van der Waals surface area contributed by atoms with E-state index < -0.39 is 11.1 Å². The van der Waals surface area contributed by atoms with Crippen LogP contribution in [0.1, 0.15) is 41.0 Å². The molecule has 1 amide bonds. The van der Waals surface area contributed by atoms with Crippen molar-refractivity contribution in [2.24, 2.45) is 11.7 Å². The number of aliphatic hydroxyl groups is 1. The smallest absolute Gasteiger partial charge is 0.223 e. The van der Waals surface area contributed by atoms with Crippen LogP contribution in [0, 0.1) is 5.92 Å². The molecule has 0 aliphatic heterocycles. The summed E-state index contributed by atoms with van der Waals surface area (Å²) in [6, 6.07) is 0. The predicted octanol–water partition coefficient (Wildman–Crippen LogP) is 0.637. The zero-order valence-corrected chi connectivity index (χ0v) is 10.4. The third kappa shape index (κ3) is 4.18. The zero-order chi connectivity index (χ0) is 12.3. The zero-order valence-electron chi connectivity index (χ0n) is 10.4. The van der Waals surface area contributed by atoms with Gasteiger partial charge in [0.2, 0.25) is 5.91 Å². The van der Waals surface area contributed by atoms with E-state index in [0.717, 1.165) is 0 Å². The van der Waals surface area contributed by atoms with Gasteiger partial charge in [0.25, 0.3) is 0 Å². The molecule has 0 radical (unpaired) electrons. The van der Waals surface area contributed by atoms with Crippen LogP contribution >= 0.6 is 0 Å². The molecule has 1 atom stereocenters. The molecule has 0 saturated carbocycles. The van der Waals surface area contributed by atoms with Crippen LogP contribution in [-0.4, -0.2) is 28.7 Å². The Morgan fingerprint density at radius 1 is 1.40 bits per heavy atom. The minimum atomic E-state index is -0.953. The summed E-state index contributed by atoms with van der Waals surface area (Å²) in [6.45, 7) is 9.31. The third-order valence-electron chi connectivity index (χ3n) is 3.01. The minimum absolute atomic E-state index is 0.0624. The highest BCUT2D eigenvalue weighted by Gasteiger charge is 2.36. The SMILES string of the molecule is CC(CCN)C(=O)NC(C)(C)C(C)(C)O. The molecule has 0 aromatic carbocycles. The summed E-state index contributed by atoms with van der Waals surface area (Å²) in [7, 11) is 0. The van der Waals surface area contributed by atoms with Crippen molar-refractivity contribution in [1.82, 2.24) is 5.32 Å². The summed E-state index contributed by atoms with van der Waals surface area (Å²) in [5.41, 5.74) is 3.79. The third-order valence-corrected chi connectivity index (χ3v) is 3.01. The van der Waals surface area contributed by atoms with Crippen LogP contribution in [0.4, 0.5) is 0 Å². The number of nitrogens with one attached hydrogen (secondary N) is 1. The Labute approximate surface area is 92.2 Å². The van der Waals surface area contributed by atoms with Gasteiger partial charge in [0.1, 0.15) is 0 Å². The van der Waals surface area contributed by atoms with Crippen LogP contribution in [0.5, 0.6) is 0 Å². The largest absolute Gasteiger partial charge is 0.388 e. The van der Waals surface area contributed by atoms with Gasteiger partial charge in [-0.2, -0.15) is 0 Å². The summed E-state index contributed by atoms with van der Waals surface area (Å²) < 4.78 is 0. The van der Waals surface area contributed by atoms with Crippen LogP contribution in [0.25, 0.3) is 0 Å². The number of amides is 1. The van der Waals surface area contributed by atoms with E-state index in [0.29, 0.717) is 13.0 Å². The Hall–Kier alpha value is -0.610. The molecule has 0 aliphatic rings. The van der Waals surface area contributed by atoms with E-state index in [-0.39, 0.29) is 11.8 Å². The Morgan fingerprint density at radius 3 is 2.20 bits per heavy atom. The van der Waals surface area contributed by atoms with Crippen LogP contribution in [0.3, 0.4) is 0 Å². The summed E-state index contributed by atoms with van der Waals surface area (Å²) in [5, 5.41) is 12.7. The molecule has 0 fully saturated rings. The second-order valence-corrected chi connectivity index (χ2v) is 5.15. The Morgan fingerprint density at radius 2 is 1.87 bits per heavy atom. The first-order chi connectivity index (χ1) is 6.62. The lowest BCUT2D eigenvalue weighted by Gasteiger charge is -2.38. The van der Waals surface area contributed by atoms with E-state index in [1.165, 1.54) is 0 Å². The molecule has 0 saturated heterocycles. The second-order valence-electron chi connectivity index (χ2n) is 5.15. The fraction of sp³-hybridized carbons (Fsp3) is 0.909. The molecule has 90 valence electrons. The first kappa shape index (κ1) is 14.4. The number of carbonyl (C=O) groups is 1. The van der Waals surface area contributed by atoms with E-state index in [4.69, 9.17) is 5.73 Å². The van der Waals surface area contributed by atoms with Gasteiger partial charge in [0.15, 0.2) is 0 Å². The van der Waals surface area contributed by atoms with E-state index in [1.54, 1.807) is 27.7 Å². The normalized spacial score (nSPS) is 14.9. The average Bonchev–Trinajstić information content (AvgIpc) is 2.01. The monoisotopic (exact) mass is 216 g/mol. The van der Waals surface area contributed by atoms with Crippen molar-refractivity contribution in [3.05, 3.63) is 0 Å². The van der Waals surface area contributed by atoms with Crippen LogP contribution in [-0.2, 0) is 4.79 Å². The van der Waals surface area contributed by atoms with E-state index in [2.05, 4.69) is 5.32 Å². The molecule has 0 rings (SSSR count). The number of hydrogen-bond acceptors (Lipinski definition) is 3. The first-order valence-corrected chi connectivity index (χ1v) is 5.36. The van der Waals surface area contributed by atoms with Crippen molar-refractivity contribution in [2.75, 3.05) is 6.54 Å². The lowest BCUT2D eigenvalue weighted by molar-refractivity contribution is -0.129. The average molecular weight is 216 g/mol. The molecule has 0 aromatic rings. The molecule has 1 unspecified atom stereocenters. The van der Waals surface area contributed by atoms with Gasteiger partial charge < -0.3 is 16.2 Å². The minimum Gasteiger partial charge on any atom is -0.388 e. The molecule has 4 heteroatoms. The lowest BCUT2D eigenvalue weighted by Crippen LogP contribution is -2.58. The van der Waals surface area contributed by atoms with E-state index in [1.807, 2.05) is 6.92 Å². The van der Waals surface area contributed by atoms with Crippen molar-refractivity contribution in [1.29, 1.82) is 0 Å². The number of carbonyl (C=O) groups excluding carboxylic acids is 1. The van der Waals surface area contributed by atoms with E-state index >= 15 is 0 Å². The highest BCUT2D eigenvalue weighted by molar-refractivity contribution is 5.79. The summed E-state index contributed by atoms with van der Waals surface area (Å²) in [4.78, 5) is 11.7. The number of rotatable bonds is 5. The van der Waals surface area contributed by atoms with Crippen LogP contribution in [0.15, 0.2) is 0 Å². The number of hydrogen-bond donors (Lipinski definition) is 3. The van der Waals surface area contributed by atoms with Crippen molar-refractivity contribution in [3.8, 4) is 0 Å². The molecule has 4 nitrogen and oxygen atoms in total. The Bertz CT molecular complexity index is 219.